The molecule has 0 unspecified atom stereocenters. The van der Waals surface area contributed by atoms with Crippen LogP contribution in [0.5, 0.6) is 11.8 Å². The number of amides is 1. The third-order valence-corrected chi connectivity index (χ3v) is 3.87. The smallest absolute Gasteiger partial charge is 0.452 e. The third kappa shape index (κ3) is 9.46. The van der Waals surface area contributed by atoms with Crippen LogP contribution in [0, 0.1) is 0 Å². The van der Waals surface area contributed by atoms with Crippen molar-refractivity contribution >= 4 is 17.3 Å². The lowest BCUT2D eigenvalue weighted by Crippen LogP contribution is -2.18. The molecule has 1 amide bonds. The van der Waals surface area contributed by atoms with Crippen LogP contribution in [0.3, 0.4) is 0 Å². The zero-order chi connectivity index (χ0) is 25.7. The van der Waals surface area contributed by atoms with Crippen LogP contribution in [-0.2, 0) is 15.7 Å². The van der Waals surface area contributed by atoms with E-state index < -0.39 is 23.5 Å². The van der Waals surface area contributed by atoms with Crippen molar-refractivity contribution in [2.24, 2.45) is 0 Å². The zero-order valence-corrected chi connectivity index (χ0v) is 18.9. The fourth-order valence-electron chi connectivity index (χ4n) is 2.28. The van der Waals surface area contributed by atoms with Gasteiger partial charge in [0.2, 0.25) is 17.5 Å². The van der Waals surface area contributed by atoms with Crippen molar-refractivity contribution in [3.8, 4) is 11.8 Å². The molecule has 0 radical (unpaired) electrons. The number of alkyl halides is 3. The van der Waals surface area contributed by atoms with Gasteiger partial charge in [0.25, 0.3) is 5.91 Å². The summed E-state index contributed by atoms with van der Waals surface area (Å²) < 4.78 is 62.1. The van der Waals surface area contributed by atoms with Crippen LogP contribution in [0.25, 0.3) is 0 Å². The number of nitrogens with zero attached hydrogens (tertiary/aromatic N) is 3. The van der Waals surface area contributed by atoms with Gasteiger partial charge < -0.3 is 34.4 Å². The highest BCUT2D eigenvalue weighted by molar-refractivity contribution is 6.03. The number of anilines is 2. The number of carbonyl (C=O) groups is 1. The minimum Gasteiger partial charge on any atom is -0.475 e. The number of rotatable bonds is 10. The van der Waals surface area contributed by atoms with Crippen LogP contribution in [0.15, 0.2) is 47.5 Å². The first-order valence-corrected chi connectivity index (χ1v) is 9.97. The molecule has 3 aromatic rings. The Bertz CT molecular complexity index is 1030. The highest BCUT2D eigenvalue weighted by Gasteiger charge is 2.40. The van der Waals surface area contributed by atoms with Crippen molar-refractivity contribution in [1.82, 2.24) is 15.0 Å². The summed E-state index contributed by atoms with van der Waals surface area (Å²) in [4.78, 5) is 23.0. The molecule has 0 spiro atoms. The summed E-state index contributed by atoms with van der Waals surface area (Å²) in [6, 6.07) is 6.36. The minimum absolute atomic E-state index is 0.185. The molecule has 0 fully saturated rings. The van der Waals surface area contributed by atoms with Crippen LogP contribution in [0.2, 0.25) is 0 Å². The van der Waals surface area contributed by atoms with E-state index in [9.17, 15) is 18.0 Å². The molecule has 0 aromatic carbocycles. The number of aromatic nitrogens is 3. The summed E-state index contributed by atoms with van der Waals surface area (Å²) in [5.74, 6) is -1.65. The maximum absolute atomic E-state index is 12.6. The Kier molecular flexibility index (Phi) is 10.7. The van der Waals surface area contributed by atoms with Crippen molar-refractivity contribution in [3.05, 3.63) is 54.5 Å². The molecule has 3 heterocycles. The Morgan fingerprint density at radius 1 is 0.943 bits per heavy atom. The lowest BCUT2D eigenvalue weighted by molar-refractivity contribution is -0.153. The van der Waals surface area contributed by atoms with E-state index in [4.69, 9.17) is 24.7 Å². The van der Waals surface area contributed by atoms with Crippen molar-refractivity contribution < 1.29 is 41.3 Å². The summed E-state index contributed by atoms with van der Waals surface area (Å²) in [7, 11) is 3.15. The van der Waals surface area contributed by atoms with Gasteiger partial charge in [-0.1, -0.05) is 0 Å². The monoisotopic (exact) mass is 499 g/mol. The Morgan fingerprint density at radius 2 is 1.54 bits per heavy atom. The van der Waals surface area contributed by atoms with Gasteiger partial charge in [0, 0.05) is 26.4 Å². The Morgan fingerprint density at radius 3 is 2.03 bits per heavy atom. The second-order valence-electron chi connectivity index (χ2n) is 6.48. The Balaban J connectivity index is 0.000000303. The number of hydrogen-bond acceptors (Lipinski definition) is 10. The number of methoxy groups -OCH3 is 2. The third-order valence-electron chi connectivity index (χ3n) is 3.87. The fraction of sp³-hybridized carbons (Fsp3) is 0.333. The SMILES string of the molecule is COCCOc1ccc(N)cn1.COCCOc1ccc(NC(=O)c2ncoc2C(F)(F)F)cn1. The molecule has 14 heteroatoms. The van der Waals surface area contributed by atoms with Gasteiger partial charge in [-0.15, -0.1) is 0 Å². The minimum atomic E-state index is -4.81. The standard InChI is InChI=1S/C13H12F3N3O4.C8H12N2O2/c1-21-4-5-22-9-3-2-8(6-17-9)19-12(20)10-11(13(14,15)16)23-7-18-10;1-11-4-5-12-8-3-2-7(9)6-10-8/h2-3,6-7H,4-5H2,1H3,(H,19,20);2-3,6H,4-5,9H2,1H3. The maximum atomic E-state index is 12.6. The number of nitrogens with one attached hydrogen (secondary N) is 1. The fourth-order valence-corrected chi connectivity index (χ4v) is 2.28. The normalized spacial score (nSPS) is 10.8. The molecule has 190 valence electrons. The number of hydrogen-bond donors (Lipinski definition) is 2. The van der Waals surface area contributed by atoms with Gasteiger partial charge in [-0.25, -0.2) is 15.0 Å². The average Bonchev–Trinajstić information content (AvgIpc) is 3.33. The number of oxazole rings is 1. The molecule has 35 heavy (non-hydrogen) atoms. The summed E-state index contributed by atoms with van der Waals surface area (Å²) in [5.41, 5.74) is 5.41. The molecule has 0 atom stereocenters. The highest BCUT2D eigenvalue weighted by atomic mass is 19.4. The second-order valence-corrected chi connectivity index (χ2v) is 6.48. The molecule has 0 saturated carbocycles. The summed E-state index contributed by atoms with van der Waals surface area (Å²) in [6.45, 7) is 1.75. The molecule has 0 aliphatic rings. The lowest BCUT2D eigenvalue weighted by atomic mass is 10.3. The first-order valence-electron chi connectivity index (χ1n) is 9.97. The van der Waals surface area contributed by atoms with Gasteiger partial charge in [-0.05, 0) is 12.1 Å². The van der Waals surface area contributed by atoms with Gasteiger partial charge in [0.05, 0.1) is 37.0 Å². The molecule has 0 aliphatic carbocycles. The van der Waals surface area contributed by atoms with Crippen LogP contribution in [-0.4, -0.2) is 61.5 Å². The molecule has 3 aromatic heterocycles. The van der Waals surface area contributed by atoms with Gasteiger partial charge >= 0.3 is 6.18 Å². The number of halogens is 3. The second kappa shape index (κ2) is 13.7. The van der Waals surface area contributed by atoms with Gasteiger partial charge in [-0.2, -0.15) is 13.2 Å². The molecular formula is C21H24F3N5O6. The van der Waals surface area contributed by atoms with E-state index in [0.29, 0.717) is 44.4 Å². The summed E-state index contributed by atoms with van der Waals surface area (Å²) in [5, 5.41) is 2.25. The molecule has 0 aliphatic heterocycles. The number of nitrogen functional groups attached to an aromatic ring is 1. The molecule has 11 nitrogen and oxygen atoms in total. The van der Waals surface area contributed by atoms with E-state index in [0.717, 1.165) is 0 Å². The predicted molar refractivity (Wildman–Crippen MR) is 117 cm³/mol. The Labute approximate surface area is 198 Å². The zero-order valence-electron chi connectivity index (χ0n) is 18.9. The number of ether oxygens (including phenoxy) is 4. The van der Waals surface area contributed by atoms with Crippen LogP contribution >= 0.6 is 0 Å². The van der Waals surface area contributed by atoms with Gasteiger partial charge in [0.15, 0.2) is 12.1 Å². The van der Waals surface area contributed by atoms with Crippen LogP contribution in [0.1, 0.15) is 16.2 Å². The number of carbonyl (C=O) groups excluding carboxylic acids is 1. The lowest BCUT2D eigenvalue weighted by Gasteiger charge is -2.07. The number of nitrogens with two attached hydrogens (primary N) is 1. The van der Waals surface area contributed by atoms with Gasteiger partial charge in [-0.3, -0.25) is 4.79 Å². The van der Waals surface area contributed by atoms with E-state index >= 15 is 0 Å². The molecule has 0 saturated heterocycles. The topological polar surface area (TPSA) is 144 Å². The molecule has 3 rings (SSSR count). The van der Waals surface area contributed by atoms with E-state index in [1.54, 1.807) is 25.4 Å². The van der Waals surface area contributed by atoms with E-state index in [1.165, 1.54) is 25.4 Å². The summed E-state index contributed by atoms with van der Waals surface area (Å²) >= 11 is 0. The first kappa shape index (κ1) is 27.3. The molecule has 0 bridgehead atoms. The first-order chi connectivity index (χ1) is 16.7. The predicted octanol–water partition coefficient (Wildman–Crippen LogP) is 3.05. The van der Waals surface area contributed by atoms with E-state index in [1.807, 2.05) is 0 Å². The number of pyridine rings is 2. The molecule has 3 N–H and O–H groups in total. The van der Waals surface area contributed by atoms with Crippen LogP contribution < -0.4 is 20.5 Å². The van der Waals surface area contributed by atoms with Crippen molar-refractivity contribution in [3.63, 3.8) is 0 Å². The Hall–Kier alpha value is -3.91. The van der Waals surface area contributed by atoms with Crippen LogP contribution in [0.4, 0.5) is 24.5 Å². The van der Waals surface area contributed by atoms with E-state index in [2.05, 4.69) is 24.7 Å². The summed E-state index contributed by atoms with van der Waals surface area (Å²) in [6.07, 6.45) is -1.45. The van der Waals surface area contributed by atoms with Gasteiger partial charge in [0.1, 0.15) is 13.2 Å². The van der Waals surface area contributed by atoms with E-state index in [-0.39, 0.29) is 11.6 Å². The molecular weight excluding hydrogens is 475 g/mol. The average molecular weight is 499 g/mol. The highest BCUT2D eigenvalue weighted by Crippen LogP contribution is 2.31. The van der Waals surface area contributed by atoms with Crippen molar-refractivity contribution in [2.75, 3.05) is 51.7 Å². The quantitative estimate of drug-likeness (QED) is 0.399. The van der Waals surface area contributed by atoms with Crippen molar-refractivity contribution in [1.29, 1.82) is 0 Å². The van der Waals surface area contributed by atoms with Crippen molar-refractivity contribution in [2.45, 2.75) is 6.18 Å². The maximum Gasteiger partial charge on any atom is 0.452 e. The largest absolute Gasteiger partial charge is 0.475 e.